The molecule has 1 saturated carbocycles. The van der Waals surface area contributed by atoms with E-state index < -0.39 is 0 Å². The van der Waals surface area contributed by atoms with Crippen LogP contribution >= 0.6 is 23.2 Å². The van der Waals surface area contributed by atoms with Crippen LogP contribution in [0.3, 0.4) is 0 Å². The van der Waals surface area contributed by atoms with Crippen molar-refractivity contribution >= 4 is 23.2 Å². The number of nitrogens with zero attached hydrogens (tertiary/aromatic N) is 1. The van der Waals surface area contributed by atoms with Crippen molar-refractivity contribution in [2.45, 2.75) is 56.8 Å². The number of rotatable bonds is 3. The van der Waals surface area contributed by atoms with E-state index in [2.05, 4.69) is 4.90 Å². The van der Waals surface area contributed by atoms with Crippen LogP contribution in [0.15, 0.2) is 18.2 Å². The molecule has 3 rings (SSSR count). The van der Waals surface area contributed by atoms with E-state index in [1.807, 2.05) is 6.07 Å². The summed E-state index contributed by atoms with van der Waals surface area (Å²) in [5.41, 5.74) is 0. The Bertz CT molecular complexity index is 503. The fourth-order valence-corrected chi connectivity index (χ4v) is 3.87. The zero-order valence-electron chi connectivity index (χ0n) is 12.7. The minimum absolute atomic E-state index is 0.152. The number of halogens is 2. The highest BCUT2D eigenvalue weighted by molar-refractivity contribution is 6.42. The summed E-state index contributed by atoms with van der Waals surface area (Å²) in [7, 11) is 0. The van der Waals surface area contributed by atoms with E-state index in [-0.39, 0.29) is 12.2 Å². The van der Waals surface area contributed by atoms with E-state index >= 15 is 0 Å². The van der Waals surface area contributed by atoms with Crippen LogP contribution in [0.25, 0.3) is 0 Å². The second-order valence-corrected chi connectivity index (χ2v) is 7.16. The van der Waals surface area contributed by atoms with Gasteiger partial charge in [0.2, 0.25) is 0 Å². The van der Waals surface area contributed by atoms with Gasteiger partial charge in [0, 0.05) is 25.2 Å². The maximum absolute atomic E-state index is 10.2. The zero-order valence-corrected chi connectivity index (χ0v) is 14.2. The van der Waals surface area contributed by atoms with Gasteiger partial charge in [-0.15, -0.1) is 0 Å². The van der Waals surface area contributed by atoms with E-state index in [1.54, 1.807) is 12.1 Å². The lowest BCUT2D eigenvalue weighted by Crippen LogP contribution is -2.50. The average molecular weight is 344 g/mol. The van der Waals surface area contributed by atoms with Crippen LogP contribution in [0.4, 0.5) is 0 Å². The Morgan fingerprint density at radius 1 is 1.00 bits per heavy atom. The van der Waals surface area contributed by atoms with Gasteiger partial charge >= 0.3 is 0 Å². The van der Waals surface area contributed by atoms with Gasteiger partial charge in [0.25, 0.3) is 0 Å². The number of aliphatic hydroxyl groups is 1. The molecule has 2 aliphatic rings. The van der Waals surface area contributed by atoms with Crippen molar-refractivity contribution in [3.05, 3.63) is 28.2 Å². The Kier molecular flexibility index (Phi) is 5.50. The normalized spacial score (nSPS) is 27.8. The Morgan fingerprint density at radius 3 is 2.41 bits per heavy atom. The molecule has 1 aromatic rings. The molecule has 1 aliphatic heterocycles. The number of piperidine rings is 1. The molecule has 1 aliphatic carbocycles. The third kappa shape index (κ3) is 3.88. The first kappa shape index (κ1) is 16.4. The molecule has 2 fully saturated rings. The number of hydrogen-bond acceptors (Lipinski definition) is 3. The molecule has 0 aromatic heterocycles. The number of ether oxygens (including phenoxy) is 1. The van der Waals surface area contributed by atoms with Crippen LogP contribution in [0.5, 0.6) is 5.75 Å². The molecule has 5 heteroatoms. The fraction of sp³-hybridized carbons (Fsp3) is 0.647. The average Bonchev–Trinajstić information content (AvgIpc) is 2.52. The molecule has 3 nitrogen and oxygen atoms in total. The van der Waals surface area contributed by atoms with Gasteiger partial charge in [-0.3, -0.25) is 4.90 Å². The van der Waals surface area contributed by atoms with Gasteiger partial charge in [-0.2, -0.15) is 0 Å². The number of aliphatic hydroxyl groups excluding tert-OH is 1. The molecule has 2 unspecified atom stereocenters. The van der Waals surface area contributed by atoms with Crippen LogP contribution in [0.1, 0.15) is 38.5 Å². The van der Waals surface area contributed by atoms with Crippen LogP contribution in [0, 0.1) is 0 Å². The Morgan fingerprint density at radius 2 is 1.73 bits per heavy atom. The van der Waals surface area contributed by atoms with E-state index in [0.29, 0.717) is 16.1 Å². The van der Waals surface area contributed by atoms with Crippen LogP contribution in [0.2, 0.25) is 10.0 Å². The van der Waals surface area contributed by atoms with E-state index in [4.69, 9.17) is 27.9 Å². The maximum Gasteiger partial charge on any atom is 0.121 e. The lowest BCUT2D eigenvalue weighted by atomic mass is 9.90. The fourth-order valence-electron chi connectivity index (χ4n) is 3.59. The molecule has 2 atom stereocenters. The minimum atomic E-state index is -0.152. The molecular formula is C17H23Cl2NO2. The first-order chi connectivity index (χ1) is 10.6. The standard InChI is InChI=1S/C17H23Cl2NO2/c18-14-6-5-13(11-15(14)19)22-12-7-9-20(10-8-12)16-3-1-2-4-17(16)21/h5-6,11-12,16-17,21H,1-4,7-10H2. The van der Waals surface area contributed by atoms with Crippen LogP contribution in [-0.4, -0.2) is 41.3 Å². The van der Waals surface area contributed by atoms with Crippen molar-refractivity contribution in [1.82, 2.24) is 4.90 Å². The van der Waals surface area contributed by atoms with E-state index in [9.17, 15) is 5.11 Å². The van der Waals surface area contributed by atoms with Gasteiger partial charge in [-0.05, 0) is 37.8 Å². The molecule has 122 valence electrons. The Hall–Kier alpha value is -0.480. The van der Waals surface area contributed by atoms with E-state index in [0.717, 1.165) is 50.9 Å². The second-order valence-electron chi connectivity index (χ2n) is 6.35. The van der Waals surface area contributed by atoms with Crippen LogP contribution in [-0.2, 0) is 0 Å². The number of hydrogen-bond donors (Lipinski definition) is 1. The van der Waals surface area contributed by atoms with Gasteiger partial charge in [0.05, 0.1) is 16.1 Å². The predicted molar refractivity (Wildman–Crippen MR) is 89.9 cm³/mol. The van der Waals surface area contributed by atoms with Crippen molar-refractivity contribution in [2.24, 2.45) is 0 Å². The van der Waals surface area contributed by atoms with Gasteiger partial charge < -0.3 is 9.84 Å². The largest absolute Gasteiger partial charge is 0.490 e. The summed E-state index contributed by atoms with van der Waals surface area (Å²) in [5, 5.41) is 11.3. The molecule has 0 spiro atoms. The summed E-state index contributed by atoms with van der Waals surface area (Å²) >= 11 is 11.9. The van der Waals surface area contributed by atoms with Gasteiger partial charge in [0.1, 0.15) is 11.9 Å². The predicted octanol–water partition coefficient (Wildman–Crippen LogP) is 4.14. The highest BCUT2D eigenvalue weighted by Crippen LogP contribution is 2.30. The summed E-state index contributed by atoms with van der Waals surface area (Å²) in [6, 6.07) is 5.76. The molecule has 1 aromatic carbocycles. The molecule has 1 saturated heterocycles. The quantitative estimate of drug-likeness (QED) is 0.895. The van der Waals surface area contributed by atoms with Crippen molar-refractivity contribution in [2.75, 3.05) is 13.1 Å². The SMILES string of the molecule is OC1CCCCC1N1CCC(Oc2ccc(Cl)c(Cl)c2)CC1. The Balaban J connectivity index is 1.52. The zero-order chi connectivity index (χ0) is 15.5. The maximum atomic E-state index is 10.2. The van der Waals surface area contributed by atoms with Gasteiger partial charge in [0.15, 0.2) is 0 Å². The first-order valence-electron chi connectivity index (χ1n) is 8.17. The minimum Gasteiger partial charge on any atom is -0.490 e. The summed E-state index contributed by atoms with van der Waals surface area (Å²) in [6.45, 7) is 1.99. The summed E-state index contributed by atoms with van der Waals surface area (Å²) in [4.78, 5) is 2.44. The van der Waals surface area contributed by atoms with Crippen molar-refractivity contribution in [3.63, 3.8) is 0 Å². The lowest BCUT2D eigenvalue weighted by Gasteiger charge is -2.41. The van der Waals surface area contributed by atoms with Crippen molar-refractivity contribution in [3.8, 4) is 5.75 Å². The van der Waals surface area contributed by atoms with Crippen molar-refractivity contribution in [1.29, 1.82) is 0 Å². The molecule has 22 heavy (non-hydrogen) atoms. The molecular weight excluding hydrogens is 321 g/mol. The molecule has 0 radical (unpaired) electrons. The second kappa shape index (κ2) is 7.39. The number of likely N-dealkylation sites (tertiary alicyclic amines) is 1. The summed E-state index contributed by atoms with van der Waals surface area (Å²) in [6.07, 6.45) is 6.52. The third-order valence-electron chi connectivity index (χ3n) is 4.83. The molecule has 0 bridgehead atoms. The highest BCUT2D eigenvalue weighted by atomic mass is 35.5. The lowest BCUT2D eigenvalue weighted by molar-refractivity contribution is -0.00692. The van der Waals surface area contributed by atoms with Crippen molar-refractivity contribution < 1.29 is 9.84 Å². The molecule has 1 heterocycles. The molecule has 1 N–H and O–H groups in total. The van der Waals surface area contributed by atoms with Crippen LogP contribution < -0.4 is 4.74 Å². The smallest absolute Gasteiger partial charge is 0.121 e. The monoisotopic (exact) mass is 343 g/mol. The number of benzene rings is 1. The topological polar surface area (TPSA) is 32.7 Å². The highest BCUT2D eigenvalue weighted by Gasteiger charge is 2.31. The first-order valence-corrected chi connectivity index (χ1v) is 8.93. The van der Waals surface area contributed by atoms with E-state index in [1.165, 1.54) is 6.42 Å². The third-order valence-corrected chi connectivity index (χ3v) is 5.57. The molecule has 0 amide bonds. The summed E-state index contributed by atoms with van der Waals surface area (Å²) < 4.78 is 6.02. The summed E-state index contributed by atoms with van der Waals surface area (Å²) in [5.74, 6) is 0.783. The van der Waals surface area contributed by atoms with Gasteiger partial charge in [-0.1, -0.05) is 36.0 Å². The Labute approximate surface area is 142 Å². The van der Waals surface area contributed by atoms with Gasteiger partial charge in [-0.25, -0.2) is 0 Å².